The predicted molar refractivity (Wildman–Crippen MR) is 106 cm³/mol. The minimum absolute atomic E-state index is 0.283. The number of nitrogens with one attached hydrogen (secondary N) is 2. The molecule has 26 heavy (non-hydrogen) atoms. The highest BCUT2D eigenvalue weighted by atomic mass is 32.2. The number of sulfonamides is 1. The molecule has 0 atom stereocenters. The van der Waals surface area contributed by atoms with Gasteiger partial charge in [-0.15, -0.1) is 0 Å². The van der Waals surface area contributed by atoms with Gasteiger partial charge in [-0.1, -0.05) is 43.4 Å². The van der Waals surface area contributed by atoms with E-state index < -0.39 is 10.0 Å². The summed E-state index contributed by atoms with van der Waals surface area (Å²) in [6.45, 7) is 3.74. The Bertz CT molecular complexity index is 840. The van der Waals surface area contributed by atoms with Crippen LogP contribution in [0.25, 0.3) is 0 Å². The number of hydrogen-bond donors (Lipinski definition) is 2. The molecule has 0 radical (unpaired) electrons. The molecule has 140 valence electrons. The molecule has 3 rings (SSSR count). The standard InChI is InChI=1S/C20H27N3O2S/c1-15-9-11-19(16(2)13-15)26(24,25)23-20-12-10-18(14-21-20)22-17-7-5-3-4-6-8-17/h9-14,17,22H,3-8H2,1-2H3,(H,21,23). The Morgan fingerprint density at radius 1 is 1.00 bits per heavy atom. The van der Waals surface area contributed by atoms with E-state index in [1.807, 2.05) is 19.1 Å². The average molecular weight is 374 g/mol. The summed E-state index contributed by atoms with van der Waals surface area (Å²) in [7, 11) is -3.64. The van der Waals surface area contributed by atoms with Gasteiger partial charge in [0.05, 0.1) is 16.8 Å². The van der Waals surface area contributed by atoms with Crippen LogP contribution in [0.1, 0.15) is 49.7 Å². The van der Waals surface area contributed by atoms with Gasteiger partial charge in [0.25, 0.3) is 10.0 Å². The molecule has 1 aliphatic rings. The van der Waals surface area contributed by atoms with Crippen molar-refractivity contribution in [3.8, 4) is 0 Å². The van der Waals surface area contributed by atoms with Gasteiger partial charge in [-0.3, -0.25) is 4.72 Å². The van der Waals surface area contributed by atoms with E-state index in [9.17, 15) is 8.42 Å². The van der Waals surface area contributed by atoms with Crippen molar-refractivity contribution in [2.75, 3.05) is 10.0 Å². The fourth-order valence-electron chi connectivity index (χ4n) is 3.49. The highest BCUT2D eigenvalue weighted by Gasteiger charge is 2.18. The summed E-state index contributed by atoms with van der Waals surface area (Å²) < 4.78 is 27.8. The van der Waals surface area contributed by atoms with E-state index in [1.54, 1.807) is 31.3 Å². The molecule has 1 aliphatic carbocycles. The topological polar surface area (TPSA) is 71.1 Å². The van der Waals surface area contributed by atoms with Crippen molar-refractivity contribution in [2.45, 2.75) is 63.3 Å². The third-order valence-corrected chi connectivity index (χ3v) is 6.36. The molecule has 0 saturated heterocycles. The van der Waals surface area contributed by atoms with E-state index in [-0.39, 0.29) is 4.90 Å². The van der Waals surface area contributed by atoms with Gasteiger partial charge in [0.15, 0.2) is 0 Å². The maximum absolute atomic E-state index is 12.6. The number of anilines is 2. The molecule has 1 aromatic heterocycles. The molecular weight excluding hydrogens is 346 g/mol. The van der Waals surface area contributed by atoms with Crippen LogP contribution in [0.5, 0.6) is 0 Å². The molecule has 0 bridgehead atoms. The first-order valence-corrected chi connectivity index (χ1v) is 10.7. The van der Waals surface area contributed by atoms with Crippen LogP contribution < -0.4 is 10.0 Å². The number of nitrogens with zero attached hydrogens (tertiary/aromatic N) is 1. The zero-order chi connectivity index (χ0) is 18.6. The average Bonchev–Trinajstić information content (AvgIpc) is 2.84. The van der Waals surface area contributed by atoms with Crippen LogP contribution >= 0.6 is 0 Å². The van der Waals surface area contributed by atoms with Crippen LogP contribution in [0.4, 0.5) is 11.5 Å². The number of pyridine rings is 1. The molecule has 1 saturated carbocycles. The zero-order valence-electron chi connectivity index (χ0n) is 15.5. The van der Waals surface area contributed by atoms with Crippen LogP contribution in [0.2, 0.25) is 0 Å². The second-order valence-electron chi connectivity index (χ2n) is 7.14. The second kappa shape index (κ2) is 8.08. The maximum Gasteiger partial charge on any atom is 0.263 e. The van der Waals surface area contributed by atoms with E-state index in [0.29, 0.717) is 11.9 Å². The first-order chi connectivity index (χ1) is 12.4. The van der Waals surface area contributed by atoms with Gasteiger partial charge in [0, 0.05) is 6.04 Å². The van der Waals surface area contributed by atoms with Crippen molar-refractivity contribution >= 4 is 21.5 Å². The van der Waals surface area contributed by atoms with Gasteiger partial charge >= 0.3 is 0 Å². The van der Waals surface area contributed by atoms with Gasteiger partial charge in [-0.05, 0) is 50.5 Å². The summed E-state index contributed by atoms with van der Waals surface area (Å²) in [5.74, 6) is 0.330. The third-order valence-electron chi connectivity index (χ3n) is 4.85. The number of hydrogen-bond acceptors (Lipinski definition) is 4. The lowest BCUT2D eigenvalue weighted by molar-refractivity contribution is 0.600. The highest BCUT2D eigenvalue weighted by Crippen LogP contribution is 2.23. The Hall–Kier alpha value is -2.08. The summed E-state index contributed by atoms with van der Waals surface area (Å²) in [6, 6.07) is 9.38. The van der Waals surface area contributed by atoms with Crippen LogP contribution in [0.3, 0.4) is 0 Å². The zero-order valence-corrected chi connectivity index (χ0v) is 16.3. The quantitative estimate of drug-likeness (QED) is 0.749. The Labute approximate surface area is 156 Å². The molecule has 5 nitrogen and oxygen atoms in total. The Balaban J connectivity index is 1.68. The normalized spacial score (nSPS) is 16.1. The van der Waals surface area contributed by atoms with Crippen molar-refractivity contribution in [3.05, 3.63) is 47.7 Å². The molecule has 1 fully saturated rings. The van der Waals surface area contributed by atoms with Crippen molar-refractivity contribution in [2.24, 2.45) is 0 Å². The molecule has 2 aromatic rings. The number of aryl methyl sites for hydroxylation is 2. The van der Waals surface area contributed by atoms with Crippen molar-refractivity contribution in [3.63, 3.8) is 0 Å². The van der Waals surface area contributed by atoms with Gasteiger partial charge in [-0.2, -0.15) is 0 Å². The predicted octanol–water partition coefficient (Wildman–Crippen LogP) is 4.63. The number of rotatable bonds is 5. The summed E-state index contributed by atoms with van der Waals surface area (Å²) in [4.78, 5) is 4.56. The maximum atomic E-state index is 12.6. The third kappa shape index (κ3) is 4.75. The van der Waals surface area contributed by atoms with Gasteiger partial charge in [-0.25, -0.2) is 13.4 Å². The first-order valence-electron chi connectivity index (χ1n) is 9.27. The molecular formula is C20H27N3O2S. The summed E-state index contributed by atoms with van der Waals surface area (Å²) in [5, 5.41) is 3.52. The lowest BCUT2D eigenvalue weighted by Crippen LogP contribution is -2.18. The van der Waals surface area contributed by atoms with Crippen LogP contribution in [-0.2, 0) is 10.0 Å². The lowest BCUT2D eigenvalue weighted by atomic mass is 10.1. The summed E-state index contributed by atoms with van der Waals surface area (Å²) in [6.07, 6.45) is 9.22. The molecule has 1 aromatic carbocycles. The van der Waals surface area contributed by atoms with E-state index >= 15 is 0 Å². The van der Waals surface area contributed by atoms with Crippen molar-refractivity contribution in [1.29, 1.82) is 0 Å². The Morgan fingerprint density at radius 3 is 2.35 bits per heavy atom. The first kappa shape index (κ1) is 18.7. The second-order valence-corrected chi connectivity index (χ2v) is 8.79. The van der Waals surface area contributed by atoms with Crippen LogP contribution in [-0.4, -0.2) is 19.4 Å². The highest BCUT2D eigenvalue weighted by molar-refractivity contribution is 7.92. The SMILES string of the molecule is Cc1ccc(S(=O)(=O)Nc2ccc(NC3CCCCCC3)cn2)c(C)c1. The molecule has 2 N–H and O–H groups in total. The number of aromatic nitrogens is 1. The minimum Gasteiger partial charge on any atom is -0.381 e. The summed E-state index contributed by atoms with van der Waals surface area (Å²) >= 11 is 0. The summed E-state index contributed by atoms with van der Waals surface area (Å²) in [5.41, 5.74) is 2.70. The van der Waals surface area contributed by atoms with Gasteiger partial charge < -0.3 is 5.32 Å². The molecule has 0 spiro atoms. The largest absolute Gasteiger partial charge is 0.381 e. The van der Waals surface area contributed by atoms with E-state index in [0.717, 1.165) is 16.8 Å². The van der Waals surface area contributed by atoms with E-state index in [4.69, 9.17) is 0 Å². The van der Waals surface area contributed by atoms with Crippen LogP contribution in [0.15, 0.2) is 41.4 Å². The molecule has 0 unspecified atom stereocenters. The van der Waals surface area contributed by atoms with Gasteiger partial charge in [0.1, 0.15) is 5.82 Å². The van der Waals surface area contributed by atoms with Crippen molar-refractivity contribution in [1.82, 2.24) is 4.98 Å². The molecule has 0 aliphatic heterocycles. The minimum atomic E-state index is -3.64. The Kier molecular flexibility index (Phi) is 5.81. The molecule has 6 heteroatoms. The lowest BCUT2D eigenvalue weighted by Gasteiger charge is -2.17. The van der Waals surface area contributed by atoms with Crippen LogP contribution in [0, 0.1) is 13.8 Å². The monoisotopic (exact) mass is 373 g/mol. The smallest absolute Gasteiger partial charge is 0.263 e. The fraction of sp³-hybridized carbons (Fsp3) is 0.450. The van der Waals surface area contributed by atoms with Gasteiger partial charge in [0.2, 0.25) is 0 Å². The van der Waals surface area contributed by atoms with Crippen molar-refractivity contribution < 1.29 is 8.42 Å². The van der Waals surface area contributed by atoms with E-state index in [2.05, 4.69) is 15.0 Å². The molecule has 0 amide bonds. The molecule has 1 heterocycles. The van der Waals surface area contributed by atoms with E-state index in [1.165, 1.54) is 38.5 Å². The number of benzene rings is 1. The Morgan fingerprint density at radius 2 is 1.73 bits per heavy atom. The fourth-order valence-corrected chi connectivity index (χ4v) is 4.73.